The first-order valence-electron chi connectivity index (χ1n) is 11.8. The van der Waals surface area contributed by atoms with E-state index >= 15 is 0 Å². The average Bonchev–Trinajstić information content (AvgIpc) is 3.17. The van der Waals surface area contributed by atoms with Gasteiger partial charge in [0.25, 0.3) is 5.91 Å². The molecule has 1 atom stereocenters. The van der Waals surface area contributed by atoms with Gasteiger partial charge in [0.15, 0.2) is 0 Å². The molecule has 1 aromatic rings. The standard InChI is InChI=1S/C25H33N5O3S/c1-3-11-27-23(31)21(17-26)25-30(4-2)24(32)22(34-25)18-28-19-9-8-10-20(16-19)33-15-14-29-12-6-5-7-13-29/h3,8-10,16,22,28H,1,4-7,11-15,18H2,2H3,(H,27,31)/b25-21-. The molecule has 2 heterocycles. The van der Waals surface area contributed by atoms with Crippen molar-refractivity contribution in [1.29, 1.82) is 5.26 Å². The fraction of sp³-hybridized carbons (Fsp3) is 0.480. The highest BCUT2D eigenvalue weighted by molar-refractivity contribution is 8.04. The third-order valence-electron chi connectivity index (χ3n) is 5.77. The molecule has 9 heteroatoms. The number of amides is 2. The molecule has 1 aromatic carbocycles. The number of nitrogens with zero attached hydrogens (tertiary/aromatic N) is 3. The van der Waals surface area contributed by atoms with Crippen molar-refractivity contribution in [1.82, 2.24) is 15.1 Å². The number of anilines is 1. The van der Waals surface area contributed by atoms with Gasteiger partial charge in [0, 0.05) is 37.9 Å². The summed E-state index contributed by atoms with van der Waals surface area (Å²) < 4.78 is 5.94. The van der Waals surface area contributed by atoms with Gasteiger partial charge in [-0.05, 0) is 45.0 Å². The average molecular weight is 484 g/mol. The van der Waals surface area contributed by atoms with Gasteiger partial charge in [0.1, 0.15) is 34.3 Å². The zero-order chi connectivity index (χ0) is 24.3. The molecule has 182 valence electrons. The fourth-order valence-corrected chi connectivity index (χ4v) is 5.24. The smallest absolute Gasteiger partial charge is 0.264 e. The van der Waals surface area contributed by atoms with Gasteiger partial charge in [-0.15, -0.1) is 6.58 Å². The SMILES string of the molecule is C=CCNC(=O)/C(C#N)=C1\SC(CNc2cccc(OCCN3CCCCC3)c2)C(=O)N1CC. The monoisotopic (exact) mass is 483 g/mol. The van der Waals surface area contributed by atoms with Gasteiger partial charge in [-0.2, -0.15) is 5.26 Å². The van der Waals surface area contributed by atoms with E-state index in [1.165, 1.54) is 35.9 Å². The Morgan fingerprint density at radius 2 is 2.15 bits per heavy atom. The summed E-state index contributed by atoms with van der Waals surface area (Å²) in [5.41, 5.74) is 0.808. The van der Waals surface area contributed by atoms with Crippen LogP contribution in [-0.2, 0) is 9.59 Å². The van der Waals surface area contributed by atoms with Crippen LogP contribution in [0.3, 0.4) is 0 Å². The zero-order valence-electron chi connectivity index (χ0n) is 19.7. The minimum atomic E-state index is -0.501. The maximum absolute atomic E-state index is 12.9. The number of hydrogen-bond acceptors (Lipinski definition) is 7. The van der Waals surface area contributed by atoms with Crippen molar-refractivity contribution in [3.8, 4) is 11.8 Å². The van der Waals surface area contributed by atoms with E-state index < -0.39 is 11.2 Å². The van der Waals surface area contributed by atoms with Gasteiger partial charge in [-0.3, -0.25) is 14.5 Å². The van der Waals surface area contributed by atoms with Crippen molar-refractivity contribution >= 4 is 29.3 Å². The number of piperidine rings is 1. The molecule has 2 aliphatic heterocycles. The highest BCUT2D eigenvalue weighted by Crippen LogP contribution is 2.37. The van der Waals surface area contributed by atoms with Crippen molar-refractivity contribution in [2.75, 3.05) is 51.2 Å². The maximum atomic E-state index is 12.9. The van der Waals surface area contributed by atoms with Crippen LogP contribution in [0.4, 0.5) is 5.69 Å². The first-order valence-corrected chi connectivity index (χ1v) is 12.7. The number of rotatable bonds is 11. The summed E-state index contributed by atoms with van der Waals surface area (Å²) in [6, 6.07) is 9.67. The summed E-state index contributed by atoms with van der Waals surface area (Å²) in [6.07, 6.45) is 5.39. The molecular weight excluding hydrogens is 450 g/mol. The molecule has 34 heavy (non-hydrogen) atoms. The Hall–Kier alpha value is -2.96. The quantitative estimate of drug-likeness (QED) is 0.284. The molecule has 0 aliphatic carbocycles. The Kier molecular flexibility index (Phi) is 9.86. The second-order valence-electron chi connectivity index (χ2n) is 8.14. The maximum Gasteiger partial charge on any atom is 0.264 e. The third kappa shape index (κ3) is 6.78. The first kappa shape index (κ1) is 25.7. The van der Waals surface area contributed by atoms with E-state index in [1.807, 2.05) is 37.3 Å². The van der Waals surface area contributed by atoms with E-state index in [1.54, 1.807) is 6.08 Å². The molecule has 0 spiro atoms. The number of ether oxygens (including phenoxy) is 1. The van der Waals surface area contributed by atoms with E-state index in [9.17, 15) is 14.9 Å². The Labute approximate surface area is 206 Å². The van der Waals surface area contributed by atoms with Crippen LogP contribution in [0.1, 0.15) is 26.2 Å². The molecule has 3 rings (SSSR count). The van der Waals surface area contributed by atoms with Crippen LogP contribution in [0.5, 0.6) is 5.75 Å². The van der Waals surface area contributed by atoms with Gasteiger partial charge in [0.05, 0.1) is 0 Å². The molecule has 1 unspecified atom stereocenters. The Balaban J connectivity index is 1.58. The fourth-order valence-electron chi connectivity index (χ4n) is 3.98. The number of benzene rings is 1. The van der Waals surface area contributed by atoms with E-state index in [0.717, 1.165) is 31.1 Å². The van der Waals surface area contributed by atoms with E-state index in [2.05, 4.69) is 22.1 Å². The van der Waals surface area contributed by atoms with Crippen molar-refractivity contribution in [3.05, 3.63) is 47.5 Å². The van der Waals surface area contributed by atoms with Crippen molar-refractivity contribution in [2.24, 2.45) is 0 Å². The second kappa shape index (κ2) is 13.1. The van der Waals surface area contributed by atoms with Crippen molar-refractivity contribution < 1.29 is 14.3 Å². The third-order valence-corrected chi connectivity index (χ3v) is 7.07. The summed E-state index contributed by atoms with van der Waals surface area (Å²) in [6.45, 7) is 10.3. The van der Waals surface area contributed by atoms with Gasteiger partial charge >= 0.3 is 0 Å². The predicted octanol–water partition coefficient (Wildman–Crippen LogP) is 2.96. The molecule has 0 radical (unpaired) electrons. The van der Waals surface area contributed by atoms with Gasteiger partial charge in [-0.1, -0.05) is 30.3 Å². The summed E-state index contributed by atoms with van der Waals surface area (Å²) >= 11 is 1.25. The second-order valence-corrected chi connectivity index (χ2v) is 9.33. The van der Waals surface area contributed by atoms with Crippen LogP contribution in [-0.4, -0.2) is 72.7 Å². The summed E-state index contributed by atoms with van der Waals surface area (Å²) in [4.78, 5) is 29.2. The van der Waals surface area contributed by atoms with Crippen LogP contribution in [0.25, 0.3) is 0 Å². The Bertz CT molecular complexity index is 952. The number of carbonyl (C=O) groups is 2. The van der Waals surface area contributed by atoms with Crippen LogP contribution >= 0.6 is 11.8 Å². The molecule has 2 amide bonds. The number of nitrogens with one attached hydrogen (secondary N) is 2. The molecule has 2 saturated heterocycles. The van der Waals surface area contributed by atoms with Gasteiger partial charge in [0.2, 0.25) is 5.91 Å². The molecule has 2 N–H and O–H groups in total. The predicted molar refractivity (Wildman–Crippen MR) is 135 cm³/mol. The topological polar surface area (TPSA) is 97.7 Å². The molecule has 2 fully saturated rings. The molecule has 0 aromatic heterocycles. The molecule has 8 nitrogen and oxygen atoms in total. The number of nitriles is 1. The molecular formula is C25H33N5O3S. The van der Waals surface area contributed by atoms with E-state index in [0.29, 0.717) is 24.7 Å². The van der Waals surface area contributed by atoms with Crippen LogP contribution in [0.2, 0.25) is 0 Å². The minimum absolute atomic E-state index is 0.0475. The van der Waals surface area contributed by atoms with Crippen molar-refractivity contribution in [3.63, 3.8) is 0 Å². The molecule has 0 saturated carbocycles. The van der Waals surface area contributed by atoms with E-state index in [4.69, 9.17) is 4.74 Å². The molecule has 0 bridgehead atoms. The summed E-state index contributed by atoms with van der Waals surface area (Å²) in [5, 5.41) is 15.4. The Morgan fingerprint density at radius 1 is 1.35 bits per heavy atom. The van der Waals surface area contributed by atoms with Gasteiger partial charge < -0.3 is 20.3 Å². The van der Waals surface area contributed by atoms with E-state index in [-0.39, 0.29) is 18.0 Å². The molecule has 2 aliphatic rings. The van der Waals surface area contributed by atoms with Gasteiger partial charge in [-0.25, -0.2) is 0 Å². The highest BCUT2D eigenvalue weighted by Gasteiger charge is 2.38. The lowest BCUT2D eigenvalue weighted by Gasteiger charge is -2.26. The Morgan fingerprint density at radius 3 is 2.85 bits per heavy atom. The lowest BCUT2D eigenvalue weighted by molar-refractivity contribution is -0.127. The van der Waals surface area contributed by atoms with Crippen molar-refractivity contribution in [2.45, 2.75) is 31.4 Å². The van der Waals surface area contributed by atoms with Crippen LogP contribution in [0, 0.1) is 11.3 Å². The summed E-state index contributed by atoms with van der Waals surface area (Å²) in [5.74, 6) is 0.168. The van der Waals surface area contributed by atoms with Crippen LogP contribution in [0.15, 0.2) is 47.5 Å². The highest BCUT2D eigenvalue weighted by atomic mass is 32.2. The largest absolute Gasteiger partial charge is 0.492 e. The lowest BCUT2D eigenvalue weighted by atomic mass is 10.1. The number of hydrogen-bond donors (Lipinski definition) is 2. The number of thioether (sulfide) groups is 1. The summed E-state index contributed by atoms with van der Waals surface area (Å²) in [7, 11) is 0. The normalized spacial score (nSPS) is 19.9. The zero-order valence-corrected chi connectivity index (χ0v) is 20.5. The number of carbonyl (C=O) groups excluding carboxylic acids is 2. The first-order chi connectivity index (χ1) is 16.6. The lowest BCUT2D eigenvalue weighted by Crippen LogP contribution is -2.33. The minimum Gasteiger partial charge on any atom is -0.492 e. The van der Waals surface area contributed by atoms with Crippen LogP contribution < -0.4 is 15.4 Å². The number of likely N-dealkylation sites (tertiary alicyclic amines) is 1.